The van der Waals surface area contributed by atoms with Crippen molar-refractivity contribution in [1.82, 2.24) is 5.32 Å². The molecule has 17 heavy (non-hydrogen) atoms. The summed E-state index contributed by atoms with van der Waals surface area (Å²) >= 11 is 1.57. The van der Waals surface area contributed by atoms with Gasteiger partial charge in [-0.3, -0.25) is 0 Å². The molecule has 0 fully saturated rings. The van der Waals surface area contributed by atoms with Crippen LogP contribution in [0.15, 0.2) is 23.1 Å². The molecule has 1 rings (SSSR count). The van der Waals surface area contributed by atoms with Crippen molar-refractivity contribution < 1.29 is 8.78 Å². The Balaban J connectivity index is 2.24. The minimum Gasteiger partial charge on any atom is -0.315 e. The Kier molecular flexibility index (Phi) is 6.52. The molecule has 0 aliphatic carbocycles. The lowest BCUT2D eigenvalue weighted by atomic mass is 10.2. The summed E-state index contributed by atoms with van der Waals surface area (Å²) in [6.07, 6.45) is 2.17. The summed E-state index contributed by atoms with van der Waals surface area (Å²) in [4.78, 5) is 0.792. The van der Waals surface area contributed by atoms with Gasteiger partial charge in [0.2, 0.25) is 0 Å². The zero-order valence-electron chi connectivity index (χ0n) is 10.3. The standard InChI is InChI=1S/C13H19F2NS/c1-3-16-10(2)5-4-8-17-11-6-7-12(14)13(15)9-11/h6-7,9-10,16H,3-5,8H2,1-2H3. The van der Waals surface area contributed by atoms with E-state index < -0.39 is 11.6 Å². The third kappa shape index (κ3) is 5.50. The monoisotopic (exact) mass is 259 g/mol. The highest BCUT2D eigenvalue weighted by Crippen LogP contribution is 2.21. The van der Waals surface area contributed by atoms with Crippen LogP contribution in [-0.2, 0) is 0 Å². The SMILES string of the molecule is CCNC(C)CCCSc1ccc(F)c(F)c1. The van der Waals surface area contributed by atoms with E-state index in [0.29, 0.717) is 6.04 Å². The number of hydrogen-bond acceptors (Lipinski definition) is 2. The Morgan fingerprint density at radius 1 is 1.29 bits per heavy atom. The van der Waals surface area contributed by atoms with Crippen molar-refractivity contribution in [2.75, 3.05) is 12.3 Å². The maximum atomic E-state index is 12.9. The third-order valence-electron chi connectivity index (χ3n) is 2.49. The average molecular weight is 259 g/mol. The van der Waals surface area contributed by atoms with Crippen LogP contribution in [0.3, 0.4) is 0 Å². The Bertz CT molecular complexity index is 344. The van der Waals surface area contributed by atoms with Crippen molar-refractivity contribution in [3.8, 4) is 0 Å². The van der Waals surface area contributed by atoms with E-state index in [0.717, 1.165) is 30.0 Å². The molecular weight excluding hydrogens is 240 g/mol. The largest absolute Gasteiger partial charge is 0.315 e. The fourth-order valence-corrected chi connectivity index (χ4v) is 2.49. The molecule has 0 aliphatic rings. The van der Waals surface area contributed by atoms with Gasteiger partial charge in [-0.25, -0.2) is 8.78 Å². The molecule has 0 bridgehead atoms. The molecule has 0 aromatic heterocycles. The maximum Gasteiger partial charge on any atom is 0.159 e. The lowest BCUT2D eigenvalue weighted by Gasteiger charge is -2.11. The first-order valence-corrected chi connectivity index (χ1v) is 6.93. The zero-order chi connectivity index (χ0) is 12.7. The molecule has 1 nitrogen and oxygen atoms in total. The van der Waals surface area contributed by atoms with Gasteiger partial charge in [0, 0.05) is 10.9 Å². The quantitative estimate of drug-likeness (QED) is 0.590. The first-order valence-electron chi connectivity index (χ1n) is 5.94. The van der Waals surface area contributed by atoms with Gasteiger partial charge in [0.25, 0.3) is 0 Å². The molecule has 1 aromatic carbocycles. The van der Waals surface area contributed by atoms with Crippen LogP contribution in [0.25, 0.3) is 0 Å². The molecule has 1 aromatic rings. The fourth-order valence-electron chi connectivity index (χ4n) is 1.60. The highest BCUT2D eigenvalue weighted by Gasteiger charge is 2.03. The molecule has 96 valence electrons. The second-order valence-corrected chi connectivity index (χ2v) is 5.19. The Morgan fingerprint density at radius 2 is 2.06 bits per heavy atom. The zero-order valence-corrected chi connectivity index (χ0v) is 11.1. The molecule has 0 saturated heterocycles. The van der Waals surface area contributed by atoms with Crippen LogP contribution in [-0.4, -0.2) is 18.3 Å². The van der Waals surface area contributed by atoms with Crippen molar-refractivity contribution in [2.24, 2.45) is 0 Å². The summed E-state index contributed by atoms with van der Waals surface area (Å²) in [7, 11) is 0. The van der Waals surface area contributed by atoms with Crippen LogP contribution in [0.2, 0.25) is 0 Å². The van der Waals surface area contributed by atoms with Gasteiger partial charge in [-0.2, -0.15) is 0 Å². The molecule has 1 atom stereocenters. The van der Waals surface area contributed by atoms with Gasteiger partial charge in [-0.1, -0.05) is 6.92 Å². The maximum absolute atomic E-state index is 12.9. The van der Waals surface area contributed by atoms with E-state index >= 15 is 0 Å². The van der Waals surface area contributed by atoms with Crippen LogP contribution in [0, 0.1) is 11.6 Å². The number of rotatable bonds is 7. The summed E-state index contributed by atoms with van der Waals surface area (Å²) < 4.78 is 25.6. The van der Waals surface area contributed by atoms with E-state index in [4.69, 9.17) is 0 Å². The van der Waals surface area contributed by atoms with Crippen LogP contribution < -0.4 is 5.32 Å². The predicted octanol–water partition coefficient (Wildman–Crippen LogP) is 3.84. The molecule has 0 amide bonds. The molecule has 0 heterocycles. The van der Waals surface area contributed by atoms with E-state index in [1.54, 1.807) is 17.8 Å². The Hall–Kier alpha value is -0.610. The van der Waals surface area contributed by atoms with E-state index in [2.05, 4.69) is 19.2 Å². The van der Waals surface area contributed by atoms with E-state index in [9.17, 15) is 8.78 Å². The van der Waals surface area contributed by atoms with Gasteiger partial charge < -0.3 is 5.32 Å². The van der Waals surface area contributed by atoms with Crippen molar-refractivity contribution in [1.29, 1.82) is 0 Å². The van der Waals surface area contributed by atoms with Crippen molar-refractivity contribution in [3.05, 3.63) is 29.8 Å². The summed E-state index contributed by atoms with van der Waals surface area (Å²) in [6.45, 7) is 5.23. The normalized spacial score (nSPS) is 12.7. The molecule has 4 heteroatoms. The number of hydrogen-bond donors (Lipinski definition) is 1. The highest BCUT2D eigenvalue weighted by molar-refractivity contribution is 7.99. The summed E-state index contributed by atoms with van der Waals surface area (Å²) in [5.74, 6) is -0.619. The van der Waals surface area contributed by atoms with Gasteiger partial charge in [0.1, 0.15) is 0 Å². The molecular formula is C13H19F2NS. The van der Waals surface area contributed by atoms with Crippen LogP contribution in [0.5, 0.6) is 0 Å². The topological polar surface area (TPSA) is 12.0 Å². The number of nitrogens with one attached hydrogen (secondary N) is 1. The second kappa shape index (κ2) is 7.67. The smallest absolute Gasteiger partial charge is 0.159 e. The lowest BCUT2D eigenvalue weighted by Crippen LogP contribution is -2.25. The molecule has 0 radical (unpaired) electrons. The molecule has 0 aliphatic heterocycles. The van der Waals surface area contributed by atoms with Crippen molar-refractivity contribution in [3.63, 3.8) is 0 Å². The first-order chi connectivity index (χ1) is 8.13. The first kappa shape index (κ1) is 14.5. The molecule has 1 unspecified atom stereocenters. The van der Waals surface area contributed by atoms with Gasteiger partial charge in [0.15, 0.2) is 11.6 Å². The van der Waals surface area contributed by atoms with E-state index in [-0.39, 0.29) is 0 Å². The van der Waals surface area contributed by atoms with E-state index in [1.165, 1.54) is 12.1 Å². The highest BCUT2D eigenvalue weighted by atomic mass is 32.2. The van der Waals surface area contributed by atoms with Crippen molar-refractivity contribution in [2.45, 2.75) is 37.6 Å². The van der Waals surface area contributed by atoms with E-state index in [1.807, 2.05) is 0 Å². The molecule has 1 N–H and O–H groups in total. The number of benzene rings is 1. The van der Waals surface area contributed by atoms with Crippen LogP contribution >= 0.6 is 11.8 Å². The van der Waals surface area contributed by atoms with Crippen LogP contribution in [0.1, 0.15) is 26.7 Å². The van der Waals surface area contributed by atoms with Gasteiger partial charge >= 0.3 is 0 Å². The fraction of sp³-hybridized carbons (Fsp3) is 0.538. The van der Waals surface area contributed by atoms with Gasteiger partial charge in [-0.05, 0) is 50.3 Å². The molecule has 0 saturated carbocycles. The average Bonchev–Trinajstić information content (AvgIpc) is 2.29. The minimum absolute atomic E-state index is 0.519. The molecule has 0 spiro atoms. The van der Waals surface area contributed by atoms with Crippen molar-refractivity contribution >= 4 is 11.8 Å². The summed E-state index contributed by atoms with van der Waals surface area (Å²) in [6, 6.07) is 4.58. The van der Waals surface area contributed by atoms with Gasteiger partial charge in [-0.15, -0.1) is 11.8 Å². The minimum atomic E-state index is -0.782. The predicted molar refractivity (Wildman–Crippen MR) is 69.5 cm³/mol. The second-order valence-electron chi connectivity index (χ2n) is 4.03. The lowest BCUT2D eigenvalue weighted by molar-refractivity contribution is 0.506. The van der Waals surface area contributed by atoms with Gasteiger partial charge in [0.05, 0.1) is 0 Å². The Labute approximate surface area is 106 Å². The third-order valence-corrected chi connectivity index (χ3v) is 3.57. The Morgan fingerprint density at radius 3 is 2.71 bits per heavy atom. The van der Waals surface area contributed by atoms with Crippen LogP contribution in [0.4, 0.5) is 8.78 Å². The summed E-state index contributed by atoms with van der Waals surface area (Å²) in [5.41, 5.74) is 0. The number of thioether (sulfide) groups is 1. The number of halogens is 2. The summed E-state index contributed by atoms with van der Waals surface area (Å²) in [5, 5.41) is 3.34.